The lowest BCUT2D eigenvalue weighted by molar-refractivity contribution is 0.0951. The Kier molecular flexibility index (Phi) is 4.94. The minimum absolute atomic E-state index is 0.0972. The molecule has 0 saturated heterocycles. The number of nitrogens with one attached hydrogen (secondary N) is 1. The van der Waals surface area contributed by atoms with Crippen LogP contribution in [0.3, 0.4) is 0 Å². The third-order valence-corrected chi connectivity index (χ3v) is 3.27. The van der Waals surface area contributed by atoms with Crippen molar-refractivity contribution in [2.45, 2.75) is 12.8 Å². The van der Waals surface area contributed by atoms with Crippen molar-refractivity contribution in [3.8, 4) is 29.6 Å². The van der Waals surface area contributed by atoms with Gasteiger partial charge in [-0.05, 0) is 30.9 Å². The molecule has 0 radical (unpaired) electrons. The lowest BCUT2D eigenvalue weighted by Gasteiger charge is -2.15. The molecule has 1 aliphatic carbocycles. The summed E-state index contributed by atoms with van der Waals surface area (Å²) in [6.07, 6.45) is 7.56. The van der Waals surface area contributed by atoms with Crippen LogP contribution in [0.25, 0.3) is 0 Å². The predicted molar refractivity (Wildman–Crippen MR) is 78.9 cm³/mol. The summed E-state index contributed by atoms with van der Waals surface area (Å²) >= 11 is 0. The van der Waals surface area contributed by atoms with Crippen molar-refractivity contribution in [1.82, 2.24) is 5.32 Å². The lowest BCUT2D eigenvalue weighted by Crippen LogP contribution is -2.25. The van der Waals surface area contributed by atoms with Gasteiger partial charge in [0.05, 0.1) is 14.2 Å². The van der Waals surface area contributed by atoms with E-state index in [1.54, 1.807) is 12.1 Å². The van der Waals surface area contributed by atoms with Gasteiger partial charge < -0.3 is 19.5 Å². The summed E-state index contributed by atoms with van der Waals surface area (Å²) in [6.45, 7) is 0.804. The zero-order valence-electron chi connectivity index (χ0n) is 12.3. The largest absolute Gasteiger partial charge is 0.493 e. The maximum absolute atomic E-state index is 12.1. The van der Waals surface area contributed by atoms with Gasteiger partial charge in [-0.3, -0.25) is 4.79 Å². The van der Waals surface area contributed by atoms with E-state index in [2.05, 4.69) is 11.2 Å². The van der Waals surface area contributed by atoms with Gasteiger partial charge in [0.2, 0.25) is 5.75 Å². The molecule has 1 saturated carbocycles. The standard InChI is InChI=1S/C16H19NO4/c1-4-7-21-15-13(19-2)8-12(9-14(15)20-3)16(18)17-10-11-5-6-11/h1,8-9,11H,5-7,10H2,2-3H3,(H,17,18). The van der Waals surface area contributed by atoms with Crippen LogP contribution in [0.5, 0.6) is 17.2 Å². The molecule has 5 nitrogen and oxygen atoms in total. The SMILES string of the molecule is C#CCOc1c(OC)cc(C(=O)NCC2CC2)cc1OC. The van der Waals surface area contributed by atoms with E-state index < -0.39 is 0 Å². The van der Waals surface area contributed by atoms with Crippen molar-refractivity contribution in [2.75, 3.05) is 27.4 Å². The van der Waals surface area contributed by atoms with Gasteiger partial charge in [-0.15, -0.1) is 6.42 Å². The fourth-order valence-electron chi connectivity index (χ4n) is 1.93. The Morgan fingerprint density at radius 3 is 2.43 bits per heavy atom. The highest BCUT2D eigenvalue weighted by Crippen LogP contribution is 2.38. The molecule has 1 aromatic rings. The van der Waals surface area contributed by atoms with Gasteiger partial charge in [0.15, 0.2) is 11.5 Å². The van der Waals surface area contributed by atoms with Crippen molar-refractivity contribution in [3.63, 3.8) is 0 Å². The first-order valence-electron chi connectivity index (χ1n) is 6.80. The van der Waals surface area contributed by atoms with Crippen LogP contribution in [-0.4, -0.2) is 33.3 Å². The van der Waals surface area contributed by atoms with E-state index in [1.165, 1.54) is 27.1 Å². The Hall–Kier alpha value is -2.35. The zero-order valence-corrected chi connectivity index (χ0v) is 12.3. The van der Waals surface area contributed by atoms with Crippen LogP contribution in [0.1, 0.15) is 23.2 Å². The summed E-state index contributed by atoms with van der Waals surface area (Å²) in [7, 11) is 3.01. The summed E-state index contributed by atoms with van der Waals surface area (Å²) in [5.41, 5.74) is 0.470. The van der Waals surface area contributed by atoms with Crippen LogP contribution in [0.4, 0.5) is 0 Å². The molecule has 0 heterocycles. The summed E-state index contributed by atoms with van der Waals surface area (Å²) < 4.78 is 15.9. The highest BCUT2D eigenvalue weighted by molar-refractivity contribution is 5.95. The number of ether oxygens (including phenoxy) is 3. The smallest absolute Gasteiger partial charge is 0.251 e. The van der Waals surface area contributed by atoms with Crippen LogP contribution < -0.4 is 19.5 Å². The molecule has 1 aromatic carbocycles. The zero-order chi connectivity index (χ0) is 15.2. The van der Waals surface area contributed by atoms with Crippen LogP contribution in [0, 0.1) is 18.3 Å². The Bertz CT molecular complexity index is 533. The second-order valence-corrected chi connectivity index (χ2v) is 4.86. The molecule has 1 fully saturated rings. The first kappa shape index (κ1) is 15.0. The van der Waals surface area contributed by atoms with E-state index >= 15 is 0 Å². The van der Waals surface area contributed by atoms with E-state index in [4.69, 9.17) is 20.6 Å². The number of amides is 1. The van der Waals surface area contributed by atoms with Gasteiger partial charge in [0, 0.05) is 12.1 Å². The molecule has 0 atom stereocenters. The fraction of sp³-hybridized carbons (Fsp3) is 0.438. The maximum atomic E-state index is 12.1. The van der Waals surface area contributed by atoms with Gasteiger partial charge in [0.25, 0.3) is 5.91 Å². The summed E-state index contributed by atoms with van der Waals surface area (Å²) in [5.74, 6) is 4.09. The average Bonchev–Trinajstić information content (AvgIpc) is 3.33. The van der Waals surface area contributed by atoms with Crippen LogP contribution in [-0.2, 0) is 0 Å². The van der Waals surface area contributed by atoms with Gasteiger partial charge in [-0.1, -0.05) is 5.92 Å². The molecule has 2 rings (SSSR count). The quantitative estimate of drug-likeness (QED) is 0.778. The first-order valence-corrected chi connectivity index (χ1v) is 6.80. The second-order valence-electron chi connectivity index (χ2n) is 4.86. The molecular weight excluding hydrogens is 270 g/mol. The number of benzene rings is 1. The lowest BCUT2D eigenvalue weighted by atomic mass is 10.1. The van der Waals surface area contributed by atoms with E-state index in [9.17, 15) is 4.79 Å². The number of terminal acetylenes is 1. The molecule has 0 spiro atoms. The third-order valence-electron chi connectivity index (χ3n) is 3.27. The van der Waals surface area contributed by atoms with E-state index in [0.29, 0.717) is 35.3 Å². The number of methoxy groups -OCH3 is 2. The molecule has 0 unspecified atom stereocenters. The molecule has 1 aliphatic rings. The first-order chi connectivity index (χ1) is 10.2. The molecule has 0 aromatic heterocycles. The van der Waals surface area contributed by atoms with E-state index in [1.807, 2.05) is 0 Å². The number of carbonyl (C=O) groups is 1. The van der Waals surface area contributed by atoms with Crippen molar-refractivity contribution in [1.29, 1.82) is 0 Å². The molecule has 1 amide bonds. The molecule has 0 aliphatic heterocycles. The number of hydrogen-bond acceptors (Lipinski definition) is 4. The van der Waals surface area contributed by atoms with Crippen molar-refractivity contribution >= 4 is 5.91 Å². The Balaban J connectivity index is 2.21. The van der Waals surface area contributed by atoms with Gasteiger partial charge in [-0.25, -0.2) is 0 Å². The predicted octanol–water partition coefficient (Wildman–Crippen LogP) is 1.86. The molecule has 112 valence electrons. The van der Waals surface area contributed by atoms with Crippen LogP contribution in [0.2, 0.25) is 0 Å². The summed E-state index contributed by atoms with van der Waals surface area (Å²) in [4.78, 5) is 12.1. The molecular formula is C16H19NO4. The van der Waals surface area contributed by atoms with Crippen molar-refractivity contribution in [2.24, 2.45) is 5.92 Å². The monoisotopic (exact) mass is 289 g/mol. The minimum Gasteiger partial charge on any atom is -0.493 e. The highest BCUT2D eigenvalue weighted by atomic mass is 16.5. The maximum Gasteiger partial charge on any atom is 0.251 e. The topological polar surface area (TPSA) is 56.8 Å². The van der Waals surface area contributed by atoms with Crippen LogP contribution in [0.15, 0.2) is 12.1 Å². The van der Waals surface area contributed by atoms with Crippen LogP contribution >= 0.6 is 0 Å². The normalized spacial score (nSPS) is 13.2. The third kappa shape index (κ3) is 3.82. The minimum atomic E-state index is -0.151. The molecule has 1 N–H and O–H groups in total. The number of hydrogen-bond donors (Lipinski definition) is 1. The van der Waals surface area contributed by atoms with Crippen molar-refractivity contribution in [3.05, 3.63) is 17.7 Å². The van der Waals surface area contributed by atoms with Gasteiger partial charge in [0.1, 0.15) is 6.61 Å². The van der Waals surface area contributed by atoms with Crippen molar-refractivity contribution < 1.29 is 19.0 Å². The Morgan fingerprint density at radius 1 is 1.33 bits per heavy atom. The van der Waals surface area contributed by atoms with Gasteiger partial charge >= 0.3 is 0 Å². The highest BCUT2D eigenvalue weighted by Gasteiger charge is 2.23. The molecule has 21 heavy (non-hydrogen) atoms. The van der Waals surface area contributed by atoms with E-state index in [-0.39, 0.29) is 12.5 Å². The summed E-state index contributed by atoms with van der Waals surface area (Å²) in [5, 5.41) is 2.90. The molecule has 0 bridgehead atoms. The molecule has 5 heteroatoms. The summed E-state index contributed by atoms with van der Waals surface area (Å²) in [6, 6.07) is 3.24. The fourth-order valence-corrected chi connectivity index (χ4v) is 1.93. The van der Waals surface area contributed by atoms with Gasteiger partial charge in [-0.2, -0.15) is 0 Å². The number of carbonyl (C=O) groups excluding carboxylic acids is 1. The van der Waals surface area contributed by atoms with E-state index in [0.717, 1.165) is 0 Å². The Labute approximate surface area is 124 Å². The second kappa shape index (κ2) is 6.89. The number of rotatable bonds is 7. The average molecular weight is 289 g/mol. The Morgan fingerprint density at radius 2 is 1.95 bits per heavy atom.